The zero-order chi connectivity index (χ0) is 8.10. The molecule has 0 aliphatic carbocycles. The smallest absolute Gasteiger partial charge is 0.221 e. The van der Waals surface area contributed by atoms with Crippen molar-refractivity contribution in [1.29, 1.82) is 0 Å². The van der Waals surface area contributed by atoms with E-state index in [4.69, 9.17) is 0 Å². The van der Waals surface area contributed by atoms with Crippen molar-refractivity contribution in [2.24, 2.45) is 0 Å². The molecule has 1 unspecified atom stereocenters. The summed E-state index contributed by atoms with van der Waals surface area (Å²) in [6, 6.07) is 0.258. The molecular weight excluding hydrogens is 160 g/mol. The van der Waals surface area contributed by atoms with Crippen LogP contribution in [0.3, 0.4) is 0 Å². The quantitative estimate of drug-likeness (QED) is 0.630. The monoisotopic (exact) mass is 173 g/mol. The molecule has 1 atom stereocenters. The first-order valence-electron chi connectivity index (χ1n) is 3.78. The molecule has 4 heteroatoms. The second-order valence-corrected chi connectivity index (χ2v) is 3.66. The lowest BCUT2D eigenvalue weighted by atomic mass is 10.2. The van der Waals surface area contributed by atoms with E-state index in [1.54, 1.807) is 7.05 Å². The molecule has 1 fully saturated rings. The van der Waals surface area contributed by atoms with E-state index >= 15 is 0 Å². The summed E-state index contributed by atoms with van der Waals surface area (Å²) in [4.78, 5) is 10.9. The zero-order valence-electron chi connectivity index (χ0n) is 6.67. The summed E-state index contributed by atoms with van der Waals surface area (Å²) in [7, 11) is 1.66. The predicted octanol–water partition coefficient (Wildman–Crippen LogP) is -0.158. The van der Waals surface area contributed by atoms with Gasteiger partial charge in [0.25, 0.3) is 0 Å². The predicted molar refractivity (Wildman–Crippen MR) is 46.8 cm³/mol. The van der Waals surface area contributed by atoms with Crippen molar-refractivity contribution >= 4 is 17.7 Å². The van der Waals surface area contributed by atoms with Gasteiger partial charge in [0.15, 0.2) is 0 Å². The Morgan fingerprint density at radius 2 is 2.64 bits per heavy atom. The summed E-state index contributed by atoms with van der Waals surface area (Å²) in [6.45, 7) is 0.909. The van der Waals surface area contributed by atoms with Crippen molar-refractivity contribution in [3.05, 3.63) is 0 Å². The van der Waals surface area contributed by atoms with Gasteiger partial charge >= 0.3 is 0 Å². The molecule has 1 aliphatic heterocycles. The fourth-order valence-corrected chi connectivity index (χ4v) is 1.91. The van der Waals surface area contributed by atoms with Gasteiger partial charge in [0.2, 0.25) is 5.91 Å². The van der Waals surface area contributed by atoms with Crippen molar-refractivity contribution in [3.8, 4) is 0 Å². The Bertz CT molecular complexity index is 134. The maximum Gasteiger partial charge on any atom is 0.221 e. The van der Waals surface area contributed by atoms with E-state index in [2.05, 4.69) is 10.6 Å². The Labute approximate surface area is 71.3 Å². The van der Waals surface area contributed by atoms with Gasteiger partial charge in [-0.25, -0.2) is 5.32 Å². The first-order chi connectivity index (χ1) is 5.33. The van der Waals surface area contributed by atoms with E-state index in [1.807, 2.05) is 11.8 Å². The van der Waals surface area contributed by atoms with E-state index in [0.29, 0.717) is 6.42 Å². The highest BCUT2D eigenvalue weighted by Gasteiger charge is 2.16. The Kier molecular flexibility index (Phi) is 3.72. The van der Waals surface area contributed by atoms with Crippen molar-refractivity contribution in [2.75, 3.05) is 25.1 Å². The second-order valence-electron chi connectivity index (χ2n) is 2.51. The molecule has 63 valence electrons. The average molecular weight is 173 g/mol. The van der Waals surface area contributed by atoms with E-state index in [1.165, 1.54) is 0 Å². The standard InChI is InChI=1S/C7H13N2OS/c1-8-7(10)4-6-5-11-3-2-9-6/h6H,2-5H2,1H3,(H,8,10). The third-order valence-corrected chi connectivity index (χ3v) is 2.72. The Balaban J connectivity index is 2.19. The van der Waals surface area contributed by atoms with E-state index in [-0.39, 0.29) is 11.9 Å². The summed E-state index contributed by atoms with van der Waals surface area (Å²) in [5, 5.41) is 6.94. The van der Waals surface area contributed by atoms with Gasteiger partial charge in [0, 0.05) is 37.6 Å². The van der Waals surface area contributed by atoms with E-state index in [9.17, 15) is 4.79 Å². The van der Waals surface area contributed by atoms with Gasteiger partial charge in [-0.3, -0.25) is 4.79 Å². The maximum absolute atomic E-state index is 10.9. The summed E-state index contributed by atoms with van der Waals surface area (Å²) in [6.07, 6.45) is 0.559. The topological polar surface area (TPSA) is 43.2 Å². The van der Waals surface area contributed by atoms with E-state index < -0.39 is 0 Å². The molecule has 1 N–H and O–H groups in total. The molecule has 0 spiro atoms. The van der Waals surface area contributed by atoms with Gasteiger partial charge in [-0.05, 0) is 0 Å². The van der Waals surface area contributed by atoms with Crippen LogP contribution < -0.4 is 10.6 Å². The second kappa shape index (κ2) is 4.62. The molecule has 1 aliphatic rings. The Hall–Kier alpha value is -0.220. The molecule has 3 nitrogen and oxygen atoms in total. The van der Waals surface area contributed by atoms with Crippen LogP contribution in [0, 0.1) is 0 Å². The Morgan fingerprint density at radius 1 is 1.82 bits per heavy atom. The molecule has 0 saturated carbocycles. The lowest BCUT2D eigenvalue weighted by molar-refractivity contribution is -0.121. The number of carbonyl (C=O) groups is 1. The number of amides is 1. The average Bonchev–Trinajstić information content (AvgIpc) is 2.06. The number of hydrogen-bond acceptors (Lipinski definition) is 2. The van der Waals surface area contributed by atoms with Crippen LogP contribution in [0.15, 0.2) is 0 Å². The van der Waals surface area contributed by atoms with Gasteiger partial charge in [-0.1, -0.05) is 0 Å². The summed E-state index contributed by atoms with van der Waals surface area (Å²) in [5.41, 5.74) is 0. The largest absolute Gasteiger partial charge is 0.359 e. The van der Waals surface area contributed by atoms with Crippen LogP contribution in [0.25, 0.3) is 0 Å². The minimum atomic E-state index is 0.0984. The fourth-order valence-electron chi connectivity index (χ4n) is 1.01. The summed E-state index contributed by atoms with van der Waals surface area (Å²) < 4.78 is 0. The van der Waals surface area contributed by atoms with Crippen molar-refractivity contribution in [3.63, 3.8) is 0 Å². The molecule has 0 bridgehead atoms. The van der Waals surface area contributed by atoms with Crippen LogP contribution in [-0.2, 0) is 4.79 Å². The Morgan fingerprint density at radius 3 is 3.18 bits per heavy atom. The molecule has 0 aromatic carbocycles. The molecule has 0 aromatic heterocycles. The highest BCUT2D eigenvalue weighted by atomic mass is 32.2. The molecule has 1 heterocycles. The number of hydrogen-bond donors (Lipinski definition) is 1. The molecule has 1 amide bonds. The number of thioether (sulfide) groups is 1. The van der Waals surface area contributed by atoms with Gasteiger partial charge < -0.3 is 5.32 Å². The minimum Gasteiger partial charge on any atom is -0.359 e. The highest BCUT2D eigenvalue weighted by molar-refractivity contribution is 7.99. The van der Waals surface area contributed by atoms with Crippen molar-refractivity contribution < 1.29 is 4.79 Å². The number of nitrogens with zero attached hydrogens (tertiary/aromatic N) is 1. The summed E-state index contributed by atoms with van der Waals surface area (Å²) in [5.74, 6) is 2.22. The van der Waals surface area contributed by atoms with Crippen LogP contribution in [0.1, 0.15) is 6.42 Å². The van der Waals surface area contributed by atoms with Crippen molar-refractivity contribution in [1.82, 2.24) is 10.6 Å². The van der Waals surface area contributed by atoms with Crippen LogP contribution in [0.5, 0.6) is 0 Å². The van der Waals surface area contributed by atoms with Crippen LogP contribution in [0.4, 0.5) is 0 Å². The molecule has 0 aromatic rings. The molecule has 1 saturated heterocycles. The van der Waals surface area contributed by atoms with Crippen molar-refractivity contribution in [2.45, 2.75) is 12.5 Å². The number of nitrogens with one attached hydrogen (secondary N) is 1. The SMILES string of the molecule is CNC(=O)CC1CSCC[N]1. The van der Waals surface area contributed by atoms with Gasteiger partial charge in [0.1, 0.15) is 0 Å². The lowest BCUT2D eigenvalue weighted by Crippen LogP contribution is -2.36. The normalized spacial score (nSPS) is 24.6. The van der Waals surface area contributed by atoms with Gasteiger partial charge in [0.05, 0.1) is 0 Å². The molecule has 1 rings (SSSR count). The van der Waals surface area contributed by atoms with Gasteiger partial charge in [-0.15, -0.1) is 0 Å². The maximum atomic E-state index is 10.9. The third-order valence-electron chi connectivity index (χ3n) is 1.63. The van der Waals surface area contributed by atoms with Crippen LogP contribution in [0.2, 0.25) is 0 Å². The summed E-state index contributed by atoms with van der Waals surface area (Å²) >= 11 is 1.88. The van der Waals surface area contributed by atoms with E-state index in [0.717, 1.165) is 18.1 Å². The first-order valence-corrected chi connectivity index (χ1v) is 4.93. The van der Waals surface area contributed by atoms with Gasteiger partial charge in [-0.2, -0.15) is 11.8 Å². The molecule has 1 radical (unpaired) electrons. The number of rotatable bonds is 2. The molecular formula is C7H13N2OS. The first kappa shape index (κ1) is 8.87. The molecule has 11 heavy (non-hydrogen) atoms. The van der Waals surface area contributed by atoms with Crippen LogP contribution >= 0.6 is 11.8 Å². The lowest BCUT2D eigenvalue weighted by Gasteiger charge is -2.20. The van der Waals surface area contributed by atoms with Crippen LogP contribution in [-0.4, -0.2) is 37.0 Å². The zero-order valence-corrected chi connectivity index (χ0v) is 7.49. The fraction of sp³-hybridized carbons (Fsp3) is 0.857. The number of carbonyl (C=O) groups excluding carboxylic acids is 1. The third kappa shape index (κ3) is 3.12. The minimum absolute atomic E-state index is 0.0984. The highest BCUT2D eigenvalue weighted by Crippen LogP contribution is 2.11.